The zero-order valence-corrected chi connectivity index (χ0v) is 20.9. The molecular weight excluding hydrogens is 557 g/mol. The van der Waals surface area contributed by atoms with Crippen LogP contribution in [0.2, 0.25) is 10.0 Å². The number of amides is 3. The Morgan fingerprint density at radius 3 is 2.28 bits per heavy atom. The summed E-state index contributed by atoms with van der Waals surface area (Å²) in [5.41, 5.74) is 0.777. The molecule has 1 heterocycles. The maximum atomic E-state index is 13.5. The van der Waals surface area contributed by atoms with Crippen molar-refractivity contribution in [2.75, 3.05) is 16.0 Å². The minimum atomic E-state index is -1.43. The van der Waals surface area contributed by atoms with Crippen LogP contribution < -0.4 is 16.0 Å². The highest BCUT2D eigenvalue weighted by molar-refractivity contribution is 6.53. The van der Waals surface area contributed by atoms with Crippen LogP contribution in [0.3, 0.4) is 0 Å². The molecule has 1 aromatic heterocycles. The standard InChI is InChI=1S/C23H15Cl4FN4O4/c24-13-6-5-11(9-12(13)20(33)31-16-2-1-3-17(30-16)32-22(35)36)29-21(34)19-18(23(19,26)27)10-4-7-15(28)14(25)8-10/h1-9,18-19H,(H,29,34)(H,35,36)(H2,30,31,32,33). The lowest BCUT2D eigenvalue weighted by Crippen LogP contribution is -2.18. The molecule has 3 amide bonds. The van der Waals surface area contributed by atoms with E-state index in [1.807, 2.05) is 0 Å². The van der Waals surface area contributed by atoms with Gasteiger partial charge in [-0.2, -0.15) is 0 Å². The highest BCUT2D eigenvalue weighted by Gasteiger charge is 2.67. The Morgan fingerprint density at radius 1 is 0.917 bits per heavy atom. The fourth-order valence-electron chi connectivity index (χ4n) is 3.64. The number of alkyl halides is 2. The predicted molar refractivity (Wildman–Crippen MR) is 136 cm³/mol. The number of benzene rings is 2. The largest absolute Gasteiger partial charge is 0.465 e. The zero-order valence-electron chi connectivity index (χ0n) is 17.9. The number of aromatic nitrogens is 1. The predicted octanol–water partition coefficient (Wildman–Crippen LogP) is 6.40. The smallest absolute Gasteiger partial charge is 0.410 e. The topological polar surface area (TPSA) is 120 Å². The maximum absolute atomic E-state index is 13.5. The summed E-state index contributed by atoms with van der Waals surface area (Å²) in [4.78, 5) is 40.5. The van der Waals surface area contributed by atoms with Gasteiger partial charge in [-0.15, -0.1) is 23.2 Å². The number of anilines is 3. The molecule has 3 aromatic rings. The van der Waals surface area contributed by atoms with Crippen LogP contribution in [0.15, 0.2) is 54.6 Å². The third-order valence-corrected chi connectivity index (χ3v) is 6.90. The molecule has 1 fully saturated rings. The molecular formula is C23H15Cl4FN4O4. The van der Waals surface area contributed by atoms with Gasteiger partial charge in [-0.1, -0.05) is 35.3 Å². The number of hydrogen-bond acceptors (Lipinski definition) is 4. The number of pyridine rings is 1. The van der Waals surface area contributed by atoms with Crippen molar-refractivity contribution in [1.29, 1.82) is 0 Å². The summed E-state index contributed by atoms with van der Waals surface area (Å²) in [7, 11) is 0. The maximum Gasteiger partial charge on any atom is 0.410 e. The number of nitrogens with zero attached hydrogens (tertiary/aromatic N) is 1. The summed E-state index contributed by atoms with van der Waals surface area (Å²) in [6, 6.07) is 12.6. The van der Waals surface area contributed by atoms with Crippen molar-refractivity contribution < 1.29 is 23.9 Å². The molecule has 2 unspecified atom stereocenters. The van der Waals surface area contributed by atoms with Gasteiger partial charge in [0, 0.05) is 11.6 Å². The fraction of sp³-hybridized carbons (Fsp3) is 0.130. The second-order valence-corrected chi connectivity index (χ2v) is 10.0. The van der Waals surface area contributed by atoms with Gasteiger partial charge in [-0.3, -0.25) is 14.9 Å². The van der Waals surface area contributed by atoms with Gasteiger partial charge in [0.25, 0.3) is 5.91 Å². The van der Waals surface area contributed by atoms with Crippen LogP contribution in [0.5, 0.6) is 0 Å². The molecule has 1 aliphatic carbocycles. The van der Waals surface area contributed by atoms with Crippen LogP contribution in [-0.2, 0) is 4.79 Å². The van der Waals surface area contributed by atoms with E-state index in [9.17, 15) is 18.8 Å². The Hall–Kier alpha value is -3.11. The van der Waals surface area contributed by atoms with Crippen LogP contribution in [0.1, 0.15) is 21.8 Å². The van der Waals surface area contributed by atoms with Crippen LogP contribution in [0.25, 0.3) is 0 Å². The molecule has 13 heteroatoms. The van der Waals surface area contributed by atoms with Gasteiger partial charge in [0.15, 0.2) is 0 Å². The summed E-state index contributed by atoms with van der Waals surface area (Å²) < 4.78 is 12.1. The Kier molecular flexibility index (Phi) is 7.28. The minimum absolute atomic E-state index is 0.0134. The van der Waals surface area contributed by atoms with E-state index in [1.165, 1.54) is 54.6 Å². The lowest BCUT2D eigenvalue weighted by atomic mass is 10.1. The molecule has 36 heavy (non-hydrogen) atoms. The van der Waals surface area contributed by atoms with Crippen LogP contribution in [0, 0.1) is 11.7 Å². The van der Waals surface area contributed by atoms with Gasteiger partial charge in [0.05, 0.1) is 21.5 Å². The monoisotopic (exact) mass is 570 g/mol. The number of nitrogens with one attached hydrogen (secondary N) is 3. The number of carbonyl (C=O) groups is 3. The summed E-state index contributed by atoms with van der Waals surface area (Å²) >= 11 is 24.7. The van der Waals surface area contributed by atoms with Crippen molar-refractivity contribution in [3.63, 3.8) is 0 Å². The Balaban J connectivity index is 1.48. The van der Waals surface area contributed by atoms with Gasteiger partial charge in [0.2, 0.25) is 5.91 Å². The highest BCUT2D eigenvalue weighted by atomic mass is 35.5. The summed E-state index contributed by atoms with van der Waals surface area (Å²) in [6.45, 7) is 0. The third-order valence-electron chi connectivity index (χ3n) is 5.34. The van der Waals surface area contributed by atoms with Crippen molar-refractivity contribution in [3.05, 3.63) is 81.6 Å². The first-order chi connectivity index (χ1) is 17.0. The third kappa shape index (κ3) is 5.49. The van der Waals surface area contributed by atoms with E-state index in [0.29, 0.717) is 5.56 Å². The van der Waals surface area contributed by atoms with E-state index >= 15 is 0 Å². The first kappa shape index (κ1) is 26.0. The molecule has 4 N–H and O–H groups in total. The highest BCUT2D eigenvalue weighted by Crippen LogP contribution is 2.65. The van der Waals surface area contributed by atoms with Gasteiger partial charge >= 0.3 is 6.09 Å². The molecule has 1 aliphatic rings. The van der Waals surface area contributed by atoms with Crippen LogP contribution in [0.4, 0.5) is 26.5 Å². The molecule has 4 rings (SSSR count). The van der Waals surface area contributed by atoms with Gasteiger partial charge in [-0.05, 0) is 48.0 Å². The Labute approximate surface area is 223 Å². The fourth-order valence-corrected chi connectivity index (χ4v) is 4.86. The molecule has 0 saturated heterocycles. The molecule has 2 aromatic carbocycles. The number of carbonyl (C=O) groups excluding carboxylic acids is 2. The van der Waals surface area contributed by atoms with Gasteiger partial charge in [-0.25, -0.2) is 14.2 Å². The molecule has 0 aliphatic heterocycles. The summed E-state index contributed by atoms with van der Waals surface area (Å²) in [5, 5.41) is 16.0. The first-order valence-electron chi connectivity index (χ1n) is 10.2. The van der Waals surface area contributed by atoms with Crippen LogP contribution >= 0.6 is 46.4 Å². The van der Waals surface area contributed by atoms with Crippen molar-refractivity contribution in [2.45, 2.75) is 10.3 Å². The normalized spacial score (nSPS) is 17.7. The summed E-state index contributed by atoms with van der Waals surface area (Å²) in [5.74, 6) is -3.16. The van der Waals surface area contributed by atoms with Crippen molar-refractivity contribution in [1.82, 2.24) is 4.98 Å². The quantitative estimate of drug-likeness (QED) is 0.255. The number of halogens is 5. The van der Waals surface area contributed by atoms with Crippen molar-refractivity contribution in [3.8, 4) is 0 Å². The molecule has 2 atom stereocenters. The van der Waals surface area contributed by atoms with E-state index in [0.717, 1.165) is 0 Å². The van der Waals surface area contributed by atoms with Crippen molar-refractivity contribution >= 4 is 81.6 Å². The second kappa shape index (κ2) is 10.1. The van der Waals surface area contributed by atoms with E-state index in [1.54, 1.807) is 0 Å². The van der Waals surface area contributed by atoms with Crippen molar-refractivity contribution in [2.24, 2.45) is 5.92 Å². The molecule has 8 nitrogen and oxygen atoms in total. The van der Waals surface area contributed by atoms with Gasteiger partial charge < -0.3 is 15.7 Å². The average molecular weight is 572 g/mol. The Morgan fingerprint density at radius 2 is 1.61 bits per heavy atom. The first-order valence-corrected chi connectivity index (χ1v) is 11.7. The average Bonchev–Trinajstić information content (AvgIpc) is 3.38. The van der Waals surface area contributed by atoms with Gasteiger partial charge in [0.1, 0.15) is 21.8 Å². The molecule has 186 valence electrons. The molecule has 0 radical (unpaired) electrons. The molecule has 0 spiro atoms. The van der Waals surface area contributed by atoms with E-state index in [2.05, 4.69) is 20.9 Å². The molecule has 0 bridgehead atoms. The number of hydrogen-bond donors (Lipinski definition) is 4. The molecule has 1 saturated carbocycles. The summed E-state index contributed by atoms with van der Waals surface area (Å²) in [6.07, 6.45) is -1.31. The SMILES string of the molecule is O=C(O)Nc1cccc(NC(=O)c2cc(NC(=O)C3C(c4ccc(F)c(Cl)c4)C3(Cl)Cl)ccc2Cl)n1. The van der Waals surface area contributed by atoms with E-state index in [-0.39, 0.29) is 32.9 Å². The zero-order chi connectivity index (χ0) is 26.2. The second-order valence-electron chi connectivity index (χ2n) is 7.78. The lowest BCUT2D eigenvalue weighted by molar-refractivity contribution is -0.117. The Bertz CT molecular complexity index is 1390. The minimum Gasteiger partial charge on any atom is -0.465 e. The van der Waals surface area contributed by atoms with E-state index < -0.39 is 39.9 Å². The van der Waals surface area contributed by atoms with Crippen LogP contribution in [-0.4, -0.2) is 32.3 Å². The number of carboxylic acid groups (broad SMARTS) is 1. The lowest BCUT2D eigenvalue weighted by Gasteiger charge is -2.10. The number of rotatable bonds is 6. The van der Waals surface area contributed by atoms with E-state index in [4.69, 9.17) is 51.5 Å².